The number of rotatable bonds is 5. The second-order valence-corrected chi connectivity index (χ2v) is 17.6. The molecule has 0 spiro atoms. The van der Waals surface area contributed by atoms with Crippen molar-refractivity contribution in [2.75, 3.05) is 0 Å². The first-order chi connectivity index (χ1) is 29.5. The summed E-state index contributed by atoms with van der Waals surface area (Å²) < 4.78 is 2.64. The van der Waals surface area contributed by atoms with Crippen LogP contribution in [0.4, 0.5) is 0 Å². The highest BCUT2D eigenvalue weighted by atomic mass is 32.1. The average Bonchev–Trinajstić information content (AvgIpc) is 3.79. The zero-order valence-electron chi connectivity index (χ0n) is 33.3. The van der Waals surface area contributed by atoms with Gasteiger partial charge in [-0.25, -0.2) is 9.97 Å². The summed E-state index contributed by atoms with van der Waals surface area (Å²) >= 11 is 1.87. The van der Waals surface area contributed by atoms with Gasteiger partial charge in [0.2, 0.25) is 0 Å². The summed E-state index contributed by atoms with van der Waals surface area (Å²) in [6, 6.07) is 70.7. The molecule has 0 radical (unpaired) electrons. The van der Waals surface area contributed by atoms with E-state index in [2.05, 4.69) is 202 Å². The summed E-state index contributed by atoms with van der Waals surface area (Å²) in [5, 5.41) is 7.53. The topological polar surface area (TPSA) is 25.8 Å². The van der Waals surface area contributed by atoms with Gasteiger partial charge in [0.15, 0.2) is 5.82 Å². The second-order valence-electron chi connectivity index (χ2n) is 16.6. The predicted octanol–water partition coefficient (Wildman–Crippen LogP) is 15.8. The van der Waals surface area contributed by atoms with Gasteiger partial charge in [-0.1, -0.05) is 166 Å². The fourth-order valence-corrected chi connectivity index (χ4v) is 10.7. The van der Waals surface area contributed by atoms with Crippen LogP contribution >= 0.6 is 11.3 Å². The van der Waals surface area contributed by atoms with E-state index in [0.29, 0.717) is 0 Å². The van der Waals surface area contributed by atoms with Crippen molar-refractivity contribution in [2.24, 2.45) is 0 Å². The summed E-state index contributed by atoms with van der Waals surface area (Å²) in [6.07, 6.45) is 0. The van der Waals surface area contributed by atoms with Crippen LogP contribution in [0.25, 0.3) is 109 Å². The van der Waals surface area contributed by atoms with Gasteiger partial charge in [-0.3, -0.25) is 0 Å². The molecule has 0 amide bonds. The lowest BCUT2D eigenvalue weighted by atomic mass is 9.81. The van der Waals surface area contributed by atoms with Crippen molar-refractivity contribution in [2.45, 2.75) is 19.3 Å². The smallest absolute Gasteiger partial charge is 0.160 e. The van der Waals surface area contributed by atoms with E-state index >= 15 is 0 Å². The van der Waals surface area contributed by atoms with Crippen LogP contribution in [-0.2, 0) is 5.41 Å². The largest absolute Gasteiger partial charge is 0.228 e. The third-order valence-electron chi connectivity index (χ3n) is 12.7. The van der Waals surface area contributed by atoms with E-state index in [1.165, 1.54) is 86.2 Å². The number of fused-ring (bicyclic) bond motifs is 8. The molecule has 1 aliphatic rings. The number of hydrogen-bond acceptors (Lipinski definition) is 3. The van der Waals surface area contributed by atoms with Gasteiger partial charge in [-0.05, 0) is 109 Å². The van der Waals surface area contributed by atoms with Gasteiger partial charge in [0.25, 0.3) is 0 Å². The molecule has 0 aliphatic heterocycles. The molecule has 0 N–H and O–H groups in total. The maximum Gasteiger partial charge on any atom is 0.160 e. The number of hydrogen-bond donors (Lipinski definition) is 0. The van der Waals surface area contributed by atoms with E-state index in [9.17, 15) is 0 Å². The second kappa shape index (κ2) is 13.4. The SMILES string of the molecule is CC1(C)c2cc3ccccc3cc2-c2c(-c3cc(-c4ccc5cc(-c6ccccc6-c6ccc7c(c6)sc6ccccc67)ccc5c4)nc(-c4ccccc4)n3)cccc21. The molecule has 3 heteroatoms. The van der Waals surface area contributed by atoms with Gasteiger partial charge in [-0.15, -0.1) is 11.3 Å². The zero-order valence-corrected chi connectivity index (χ0v) is 34.1. The van der Waals surface area contributed by atoms with Gasteiger partial charge < -0.3 is 0 Å². The lowest BCUT2D eigenvalue weighted by molar-refractivity contribution is 0.661. The Labute approximate surface area is 353 Å². The predicted molar refractivity (Wildman–Crippen MR) is 255 cm³/mol. The van der Waals surface area contributed by atoms with Crippen LogP contribution in [0.3, 0.4) is 0 Å². The molecule has 2 aromatic heterocycles. The van der Waals surface area contributed by atoms with Crippen molar-refractivity contribution in [3.05, 3.63) is 205 Å². The van der Waals surface area contributed by atoms with E-state index in [4.69, 9.17) is 9.97 Å². The van der Waals surface area contributed by atoms with Crippen molar-refractivity contribution in [1.29, 1.82) is 0 Å². The maximum absolute atomic E-state index is 5.32. The maximum atomic E-state index is 5.32. The lowest BCUT2D eigenvalue weighted by Gasteiger charge is -2.22. The van der Waals surface area contributed by atoms with Crippen molar-refractivity contribution in [3.8, 4) is 67.3 Å². The molecule has 0 fully saturated rings. The van der Waals surface area contributed by atoms with Crippen LogP contribution in [0.15, 0.2) is 194 Å². The van der Waals surface area contributed by atoms with Crippen LogP contribution in [-0.4, -0.2) is 9.97 Å². The minimum Gasteiger partial charge on any atom is -0.228 e. The number of thiophene rings is 1. The molecule has 0 saturated carbocycles. The summed E-state index contributed by atoms with van der Waals surface area (Å²) in [7, 11) is 0. The Morgan fingerprint density at radius 3 is 1.78 bits per heavy atom. The van der Waals surface area contributed by atoms with Crippen LogP contribution in [0.1, 0.15) is 25.0 Å². The molecule has 60 heavy (non-hydrogen) atoms. The molecule has 12 rings (SSSR count). The Morgan fingerprint density at radius 2 is 0.967 bits per heavy atom. The average molecular weight is 783 g/mol. The Hall–Kier alpha value is -7.20. The summed E-state index contributed by atoms with van der Waals surface area (Å²) in [4.78, 5) is 10.6. The molecule has 0 unspecified atom stereocenters. The van der Waals surface area contributed by atoms with E-state index in [-0.39, 0.29) is 5.41 Å². The fourth-order valence-electron chi connectivity index (χ4n) is 9.59. The normalized spacial score (nSPS) is 13.0. The molecule has 2 heterocycles. The first kappa shape index (κ1) is 34.8. The Kier molecular flexibility index (Phi) is 7.79. The van der Waals surface area contributed by atoms with E-state index in [1.54, 1.807) is 0 Å². The number of benzene rings is 9. The first-order valence-electron chi connectivity index (χ1n) is 20.6. The van der Waals surface area contributed by atoms with Gasteiger partial charge in [0, 0.05) is 42.3 Å². The van der Waals surface area contributed by atoms with E-state index in [0.717, 1.165) is 33.9 Å². The minimum atomic E-state index is -0.146. The van der Waals surface area contributed by atoms with E-state index < -0.39 is 0 Å². The highest BCUT2D eigenvalue weighted by Crippen LogP contribution is 2.53. The van der Waals surface area contributed by atoms with Crippen LogP contribution in [0.2, 0.25) is 0 Å². The molecular weight excluding hydrogens is 745 g/mol. The van der Waals surface area contributed by atoms with Gasteiger partial charge in [-0.2, -0.15) is 0 Å². The first-order valence-corrected chi connectivity index (χ1v) is 21.5. The highest BCUT2D eigenvalue weighted by Gasteiger charge is 2.37. The van der Waals surface area contributed by atoms with Gasteiger partial charge in [0.05, 0.1) is 11.4 Å². The van der Waals surface area contributed by atoms with Crippen molar-refractivity contribution in [3.63, 3.8) is 0 Å². The van der Waals surface area contributed by atoms with Gasteiger partial charge in [0.1, 0.15) is 0 Å². The fraction of sp³-hybridized carbons (Fsp3) is 0.0526. The van der Waals surface area contributed by atoms with Crippen LogP contribution in [0, 0.1) is 0 Å². The third-order valence-corrected chi connectivity index (χ3v) is 13.8. The van der Waals surface area contributed by atoms with Crippen molar-refractivity contribution >= 4 is 53.1 Å². The molecule has 0 saturated heterocycles. The van der Waals surface area contributed by atoms with Crippen molar-refractivity contribution in [1.82, 2.24) is 9.97 Å². The molecule has 0 atom stereocenters. The standard InChI is InChI=1S/C57H38N2S/c1-57(2)49-21-12-20-47(55(49)48-31-36-15-6-7-16-37(36)32-50(48)57)52-34-51(58-56(59-52)35-13-4-3-5-14-35)42-26-24-38-29-40(25-23-39(38)30-42)43-17-8-9-18-44(43)41-27-28-46-45-19-10-11-22-53(45)60-54(46)33-41/h3-34H,1-2H3. The quantitative estimate of drug-likeness (QED) is 0.174. The van der Waals surface area contributed by atoms with Gasteiger partial charge >= 0.3 is 0 Å². The third kappa shape index (κ3) is 5.54. The van der Waals surface area contributed by atoms with E-state index in [1.807, 2.05) is 17.4 Å². The molecule has 1 aliphatic carbocycles. The summed E-state index contributed by atoms with van der Waals surface area (Å²) in [6.45, 7) is 4.70. The monoisotopic (exact) mass is 782 g/mol. The highest BCUT2D eigenvalue weighted by molar-refractivity contribution is 7.25. The Morgan fingerprint density at radius 1 is 0.367 bits per heavy atom. The Bertz CT molecular complexity index is 3520. The molecule has 11 aromatic rings. The minimum absolute atomic E-state index is 0.146. The van der Waals surface area contributed by atoms with Crippen LogP contribution < -0.4 is 0 Å². The number of nitrogens with zero attached hydrogens (tertiary/aromatic N) is 2. The van der Waals surface area contributed by atoms with Crippen LogP contribution in [0.5, 0.6) is 0 Å². The molecule has 0 bridgehead atoms. The lowest BCUT2D eigenvalue weighted by Crippen LogP contribution is -2.14. The number of aromatic nitrogens is 2. The summed E-state index contributed by atoms with van der Waals surface area (Å²) in [5.41, 5.74) is 15.0. The zero-order chi connectivity index (χ0) is 40.0. The molecule has 282 valence electrons. The molecule has 9 aromatic carbocycles. The van der Waals surface area contributed by atoms with Crippen molar-refractivity contribution < 1.29 is 0 Å². The molecule has 2 nitrogen and oxygen atoms in total. The Balaban J connectivity index is 0.965. The summed E-state index contributed by atoms with van der Waals surface area (Å²) in [5.74, 6) is 0.720. The molecular formula is C57H38N2S.